The van der Waals surface area contributed by atoms with Crippen LogP contribution in [0.4, 0.5) is 0 Å². The van der Waals surface area contributed by atoms with Gasteiger partial charge in [-0.05, 0) is 25.8 Å². The van der Waals surface area contributed by atoms with Crippen LogP contribution in [-0.2, 0) is 4.79 Å². The van der Waals surface area contributed by atoms with E-state index in [0.717, 1.165) is 32.5 Å². The van der Waals surface area contributed by atoms with E-state index < -0.39 is 6.10 Å². The first-order chi connectivity index (χ1) is 10.9. The van der Waals surface area contributed by atoms with Crippen molar-refractivity contribution < 1.29 is 9.90 Å². The van der Waals surface area contributed by atoms with Crippen molar-refractivity contribution in [3.8, 4) is 0 Å². The summed E-state index contributed by atoms with van der Waals surface area (Å²) >= 11 is 0. The monoisotopic (exact) mass is 318 g/mol. The third-order valence-electron chi connectivity index (χ3n) is 5.05. The molecule has 1 aromatic heterocycles. The number of hydrogen-bond acceptors (Lipinski definition) is 5. The average molecular weight is 318 g/mol. The van der Waals surface area contributed by atoms with Crippen LogP contribution < -0.4 is 0 Å². The second-order valence-electron chi connectivity index (χ2n) is 7.17. The summed E-state index contributed by atoms with van der Waals surface area (Å²) in [6, 6.07) is 1.57. The largest absolute Gasteiger partial charge is 0.391 e. The molecule has 2 unspecified atom stereocenters. The number of rotatable bonds is 4. The molecule has 126 valence electrons. The van der Waals surface area contributed by atoms with Crippen molar-refractivity contribution in [1.29, 1.82) is 0 Å². The Balaban J connectivity index is 1.75. The lowest BCUT2D eigenvalue weighted by molar-refractivity contribution is -0.149. The van der Waals surface area contributed by atoms with E-state index >= 15 is 0 Å². The van der Waals surface area contributed by atoms with Crippen molar-refractivity contribution in [3.63, 3.8) is 0 Å². The van der Waals surface area contributed by atoms with Crippen LogP contribution in [0.2, 0.25) is 0 Å². The maximum atomic E-state index is 12.5. The van der Waals surface area contributed by atoms with Crippen LogP contribution in [0.3, 0.4) is 0 Å². The van der Waals surface area contributed by atoms with Gasteiger partial charge in [0.2, 0.25) is 5.91 Å². The predicted octanol–water partition coefficient (Wildman–Crippen LogP) is 1.23. The number of amides is 1. The Morgan fingerprint density at radius 2 is 1.91 bits per heavy atom. The minimum absolute atomic E-state index is 0.0315. The summed E-state index contributed by atoms with van der Waals surface area (Å²) in [5, 5.41) is 10.2. The summed E-state index contributed by atoms with van der Waals surface area (Å²) in [7, 11) is 0. The second kappa shape index (κ2) is 6.17. The average Bonchev–Trinajstić information content (AvgIpc) is 2.91. The lowest BCUT2D eigenvalue weighted by atomic mass is 9.84. The van der Waals surface area contributed by atoms with Crippen LogP contribution in [0.25, 0.3) is 0 Å². The van der Waals surface area contributed by atoms with Crippen molar-refractivity contribution in [2.45, 2.75) is 51.3 Å². The standard InChI is InChI=1S/C17H26N4O2/c1-12(2)16(23)21-9-4-6-17(21)10-20(11-17)14(13(3)22)15-18-7-5-8-19-15/h5,7-8,12-14,22H,4,6,9-11H2,1-3H3. The molecule has 6 nitrogen and oxygen atoms in total. The molecule has 0 aromatic carbocycles. The number of aliphatic hydroxyl groups excluding tert-OH is 1. The van der Waals surface area contributed by atoms with Gasteiger partial charge in [-0.15, -0.1) is 0 Å². The van der Waals surface area contributed by atoms with Crippen molar-refractivity contribution in [2.75, 3.05) is 19.6 Å². The molecule has 1 N–H and O–H groups in total. The van der Waals surface area contributed by atoms with Crippen molar-refractivity contribution in [3.05, 3.63) is 24.3 Å². The summed E-state index contributed by atoms with van der Waals surface area (Å²) in [5.41, 5.74) is -0.0523. The summed E-state index contributed by atoms with van der Waals surface area (Å²) in [6.45, 7) is 8.13. The molecule has 2 saturated heterocycles. The van der Waals surface area contributed by atoms with E-state index in [1.807, 2.05) is 13.8 Å². The molecular weight excluding hydrogens is 292 g/mol. The summed E-state index contributed by atoms with van der Waals surface area (Å²) in [4.78, 5) is 25.4. The molecular formula is C17H26N4O2. The van der Waals surface area contributed by atoms with Gasteiger partial charge in [-0.3, -0.25) is 9.69 Å². The van der Waals surface area contributed by atoms with E-state index in [-0.39, 0.29) is 23.4 Å². The van der Waals surface area contributed by atoms with Crippen molar-refractivity contribution in [2.24, 2.45) is 5.92 Å². The first-order valence-corrected chi connectivity index (χ1v) is 8.45. The molecule has 0 radical (unpaired) electrons. The molecule has 3 heterocycles. The molecule has 6 heteroatoms. The normalized spacial score (nSPS) is 23.1. The lowest BCUT2D eigenvalue weighted by Crippen LogP contribution is -2.70. The number of aliphatic hydroxyl groups is 1. The highest BCUT2D eigenvalue weighted by Gasteiger charge is 2.54. The number of carbonyl (C=O) groups excluding carboxylic acids is 1. The second-order valence-corrected chi connectivity index (χ2v) is 7.17. The molecule has 0 aliphatic carbocycles. The van der Waals surface area contributed by atoms with Gasteiger partial charge in [0.15, 0.2) is 0 Å². The van der Waals surface area contributed by atoms with Gasteiger partial charge < -0.3 is 10.0 Å². The maximum Gasteiger partial charge on any atom is 0.225 e. The number of hydrogen-bond donors (Lipinski definition) is 1. The van der Waals surface area contributed by atoms with Gasteiger partial charge in [-0.2, -0.15) is 0 Å². The zero-order chi connectivity index (χ0) is 16.6. The minimum Gasteiger partial charge on any atom is -0.391 e. The number of carbonyl (C=O) groups is 1. The quantitative estimate of drug-likeness (QED) is 0.904. The van der Waals surface area contributed by atoms with E-state index in [4.69, 9.17) is 0 Å². The van der Waals surface area contributed by atoms with Gasteiger partial charge in [0, 0.05) is 37.9 Å². The molecule has 0 saturated carbocycles. The van der Waals surface area contributed by atoms with Crippen LogP contribution in [0.15, 0.2) is 18.5 Å². The van der Waals surface area contributed by atoms with E-state index in [0.29, 0.717) is 5.82 Å². The third kappa shape index (κ3) is 2.85. The number of nitrogens with zero attached hydrogens (tertiary/aromatic N) is 4. The molecule has 0 bridgehead atoms. The molecule has 1 amide bonds. The van der Waals surface area contributed by atoms with Crippen LogP contribution >= 0.6 is 0 Å². The molecule has 3 rings (SSSR count). The van der Waals surface area contributed by atoms with Gasteiger partial charge >= 0.3 is 0 Å². The van der Waals surface area contributed by atoms with Crippen LogP contribution in [0.1, 0.15) is 45.5 Å². The van der Waals surface area contributed by atoms with Gasteiger partial charge in [-0.25, -0.2) is 9.97 Å². The van der Waals surface area contributed by atoms with E-state index in [9.17, 15) is 9.90 Å². The first-order valence-electron chi connectivity index (χ1n) is 8.45. The maximum absolute atomic E-state index is 12.5. The molecule has 2 fully saturated rings. The molecule has 1 spiro atoms. The Morgan fingerprint density at radius 3 is 2.48 bits per heavy atom. The Morgan fingerprint density at radius 1 is 1.26 bits per heavy atom. The first kappa shape index (κ1) is 16.3. The van der Waals surface area contributed by atoms with E-state index in [1.54, 1.807) is 25.4 Å². The fraction of sp³-hybridized carbons (Fsp3) is 0.706. The summed E-state index contributed by atoms with van der Waals surface area (Å²) < 4.78 is 0. The van der Waals surface area contributed by atoms with Crippen LogP contribution in [0, 0.1) is 5.92 Å². The molecule has 2 aliphatic heterocycles. The van der Waals surface area contributed by atoms with Crippen LogP contribution in [0.5, 0.6) is 0 Å². The van der Waals surface area contributed by atoms with Gasteiger partial charge in [-0.1, -0.05) is 13.8 Å². The Hall–Kier alpha value is -1.53. The highest BCUT2D eigenvalue weighted by molar-refractivity contribution is 5.79. The van der Waals surface area contributed by atoms with Crippen molar-refractivity contribution >= 4 is 5.91 Å². The van der Waals surface area contributed by atoms with E-state index in [1.165, 1.54) is 0 Å². The number of likely N-dealkylation sites (tertiary alicyclic amines) is 2. The zero-order valence-electron chi connectivity index (χ0n) is 14.1. The molecule has 2 atom stereocenters. The topological polar surface area (TPSA) is 69.6 Å². The fourth-order valence-electron chi connectivity index (χ4n) is 3.98. The van der Waals surface area contributed by atoms with Crippen molar-refractivity contribution in [1.82, 2.24) is 19.8 Å². The van der Waals surface area contributed by atoms with Gasteiger partial charge in [0.05, 0.1) is 17.7 Å². The Kier molecular flexibility index (Phi) is 4.38. The number of aromatic nitrogens is 2. The minimum atomic E-state index is -0.551. The molecule has 1 aromatic rings. The summed E-state index contributed by atoms with van der Waals surface area (Å²) in [6.07, 6.45) is 4.97. The van der Waals surface area contributed by atoms with Crippen LogP contribution in [-0.4, -0.2) is 62.1 Å². The predicted molar refractivity (Wildman–Crippen MR) is 86.5 cm³/mol. The lowest BCUT2D eigenvalue weighted by Gasteiger charge is -2.55. The highest BCUT2D eigenvalue weighted by Crippen LogP contribution is 2.42. The Bertz CT molecular complexity index is 555. The van der Waals surface area contributed by atoms with E-state index in [2.05, 4.69) is 19.8 Å². The summed E-state index contributed by atoms with van der Waals surface area (Å²) in [5.74, 6) is 0.924. The smallest absolute Gasteiger partial charge is 0.225 e. The SMILES string of the molecule is CC(C)C(=O)N1CCCC12CN(C(c1ncccn1)C(C)O)C2. The highest BCUT2D eigenvalue weighted by atomic mass is 16.3. The fourth-order valence-corrected chi connectivity index (χ4v) is 3.98. The molecule has 23 heavy (non-hydrogen) atoms. The Labute approximate surface area is 137 Å². The van der Waals surface area contributed by atoms with Gasteiger partial charge in [0.25, 0.3) is 0 Å². The third-order valence-corrected chi connectivity index (χ3v) is 5.05. The molecule has 2 aliphatic rings. The van der Waals surface area contributed by atoms with Gasteiger partial charge in [0.1, 0.15) is 5.82 Å². The zero-order valence-corrected chi connectivity index (χ0v) is 14.1.